The molecule has 2 aromatic carbocycles. The molecule has 22 heavy (non-hydrogen) atoms. The van der Waals surface area contributed by atoms with Crippen molar-refractivity contribution < 1.29 is 9.53 Å². The quantitative estimate of drug-likeness (QED) is 0.729. The molecule has 0 saturated carbocycles. The molecule has 3 aromatic rings. The van der Waals surface area contributed by atoms with Gasteiger partial charge in [0.25, 0.3) is 5.91 Å². The molecule has 5 heteroatoms. The van der Waals surface area contributed by atoms with E-state index in [1.165, 1.54) is 11.3 Å². The van der Waals surface area contributed by atoms with Crippen LogP contribution in [0.3, 0.4) is 0 Å². The van der Waals surface area contributed by atoms with Gasteiger partial charge in [-0.3, -0.25) is 4.79 Å². The molecule has 0 radical (unpaired) electrons. The van der Waals surface area contributed by atoms with Gasteiger partial charge in [-0.1, -0.05) is 29.0 Å². The number of benzene rings is 2. The first-order valence-corrected chi connectivity index (χ1v) is 7.69. The second-order valence-electron chi connectivity index (χ2n) is 5.06. The Morgan fingerprint density at radius 2 is 2.05 bits per heavy atom. The summed E-state index contributed by atoms with van der Waals surface area (Å²) in [5.41, 5.74) is 2.68. The van der Waals surface area contributed by atoms with Crippen molar-refractivity contribution in [3.8, 4) is 5.75 Å². The Morgan fingerprint density at radius 3 is 2.77 bits per heavy atom. The fourth-order valence-corrected chi connectivity index (χ4v) is 3.32. The number of fused-ring (bicyclic) bond motifs is 1. The van der Waals surface area contributed by atoms with Crippen molar-refractivity contribution in [1.82, 2.24) is 4.57 Å². The van der Waals surface area contributed by atoms with E-state index in [0.29, 0.717) is 10.4 Å². The van der Waals surface area contributed by atoms with Gasteiger partial charge in [0.05, 0.1) is 17.3 Å². The summed E-state index contributed by atoms with van der Waals surface area (Å²) in [5, 5.41) is 0. The predicted octanol–water partition coefficient (Wildman–Crippen LogP) is 3.30. The second-order valence-corrected chi connectivity index (χ2v) is 6.07. The monoisotopic (exact) mass is 312 g/mol. The summed E-state index contributed by atoms with van der Waals surface area (Å²) in [6, 6.07) is 13.3. The standard InChI is InChI=1S/C17H16N2O2S/c1-11-5-4-6-12(9-11)16(20)18-17-19(2)14-8-7-13(21-3)10-15(14)22-17/h4-10H,1-3H3. The first-order valence-electron chi connectivity index (χ1n) is 6.88. The number of rotatable bonds is 2. The van der Waals surface area contributed by atoms with E-state index in [1.54, 1.807) is 13.2 Å². The summed E-state index contributed by atoms with van der Waals surface area (Å²) in [4.78, 5) is 17.3. The Hall–Kier alpha value is -2.40. The minimum Gasteiger partial charge on any atom is -0.497 e. The van der Waals surface area contributed by atoms with Crippen LogP contribution >= 0.6 is 11.3 Å². The molecule has 0 aliphatic rings. The zero-order valence-corrected chi connectivity index (χ0v) is 13.5. The lowest BCUT2D eigenvalue weighted by Gasteiger charge is -1.99. The number of thiazole rings is 1. The van der Waals surface area contributed by atoms with E-state index in [0.717, 1.165) is 21.5 Å². The number of hydrogen-bond acceptors (Lipinski definition) is 3. The third-order valence-corrected chi connectivity index (χ3v) is 4.57. The highest BCUT2D eigenvalue weighted by Gasteiger charge is 2.08. The van der Waals surface area contributed by atoms with Gasteiger partial charge in [0.15, 0.2) is 4.80 Å². The van der Waals surface area contributed by atoms with E-state index < -0.39 is 0 Å². The first-order chi connectivity index (χ1) is 10.6. The number of nitrogens with zero attached hydrogens (tertiary/aromatic N) is 2. The van der Waals surface area contributed by atoms with Crippen LogP contribution in [0.15, 0.2) is 47.5 Å². The largest absolute Gasteiger partial charge is 0.497 e. The summed E-state index contributed by atoms with van der Waals surface area (Å²) in [6.07, 6.45) is 0. The van der Waals surface area contributed by atoms with Crippen molar-refractivity contribution in [3.63, 3.8) is 0 Å². The lowest BCUT2D eigenvalue weighted by Crippen LogP contribution is -2.13. The van der Waals surface area contributed by atoms with Gasteiger partial charge in [-0.05, 0) is 37.3 Å². The van der Waals surface area contributed by atoms with Gasteiger partial charge in [0.1, 0.15) is 5.75 Å². The minimum absolute atomic E-state index is 0.224. The Morgan fingerprint density at radius 1 is 1.23 bits per heavy atom. The fourth-order valence-electron chi connectivity index (χ4n) is 2.28. The third kappa shape index (κ3) is 2.67. The van der Waals surface area contributed by atoms with E-state index >= 15 is 0 Å². The highest BCUT2D eigenvalue weighted by atomic mass is 32.1. The van der Waals surface area contributed by atoms with Crippen LogP contribution in [0.5, 0.6) is 5.75 Å². The van der Waals surface area contributed by atoms with Gasteiger partial charge in [-0.25, -0.2) is 0 Å². The van der Waals surface area contributed by atoms with Gasteiger partial charge in [-0.2, -0.15) is 4.99 Å². The summed E-state index contributed by atoms with van der Waals surface area (Å²) < 4.78 is 8.20. The molecule has 1 heterocycles. The lowest BCUT2D eigenvalue weighted by molar-refractivity contribution is 0.0998. The molecule has 112 valence electrons. The molecule has 3 rings (SSSR count). The average Bonchev–Trinajstić information content (AvgIpc) is 2.82. The zero-order chi connectivity index (χ0) is 15.7. The summed E-state index contributed by atoms with van der Waals surface area (Å²) in [5.74, 6) is 0.573. The molecule has 0 unspecified atom stereocenters. The second kappa shape index (κ2) is 5.77. The van der Waals surface area contributed by atoms with E-state index in [-0.39, 0.29) is 5.91 Å². The minimum atomic E-state index is -0.224. The highest BCUT2D eigenvalue weighted by Crippen LogP contribution is 2.22. The number of hydrogen-bond donors (Lipinski definition) is 0. The Bertz CT molecular complexity index is 922. The summed E-state index contributed by atoms with van der Waals surface area (Å²) in [7, 11) is 3.55. The Kier molecular flexibility index (Phi) is 3.81. The topological polar surface area (TPSA) is 43.6 Å². The molecule has 0 N–H and O–H groups in total. The number of ether oxygens (including phenoxy) is 1. The Labute approximate surface area is 132 Å². The zero-order valence-electron chi connectivity index (χ0n) is 12.7. The van der Waals surface area contributed by atoms with E-state index in [2.05, 4.69) is 4.99 Å². The number of carbonyl (C=O) groups is 1. The van der Waals surface area contributed by atoms with Crippen LogP contribution < -0.4 is 9.54 Å². The fraction of sp³-hybridized carbons (Fsp3) is 0.176. The summed E-state index contributed by atoms with van der Waals surface area (Å²) >= 11 is 1.48. The Balaban J connectivity index is 2.09. The van der Waals surface area contributed by atoms with Gasteiger partial charge in [0, 0.05) is 12.6 Å². The van der Waals surface area contributed by atoms with Crippen LogP contribution in [-0.4, -0.2) is 17.6 Å². The molecule has 0 aliphatic heterocycles. The first kappa shape index (κ1) is 14.5. The van der Waals surface area contributed by atoms with Gasteiger partial charge in [0.2, 0.25) is 0 Å². The average molecular weight is 312 g/mol. The van der Waals surface area contributed by atoms with Crippen LogP contribution in [0.1, 0.15) is 15.9 Å². The molecular weight excluding hydrogens is 296 g/mol. The number of methoxy groups -OCH3 is 1. The number of aryl methyl sites for hydroxylation is 2. The van der Waals surface area contributed by atoms with E-state index in [1.807, 2.05) is 54.9 Å². The van der Waals surface area contributed by atoms with Crippen molar-refractivity contribution in [3.05, 3.63) is 58.4 Å². The number of amides is 1. The molecular formula is C17H16N2O2S. The maximum atomic E-state index is 12.3. The van der Waals surface area contributed by atoms with Crippen LogP contribution in [0.2, 0.25) is 0 Å². The molecule has 1 aromatic heterocycles. The maximum Gasteiger partial charge on any atom is 0.279 e. The highest BCUT2D eigenvalue weighted by molar-refractivity contribution is 7.16. The van der Waals surface area contributed by atoms with E-state index in [4.69, 9.17) is 4.74 Å². The smallest absolute Gasteiger partial charge is 0.279 e. The molecule has 0 aliphatic carbocycles. The van der Waals surface area contributed by atoms with Crippen LogP contribution in [0.25, 0.3) is 10.2 Å². The van der Waals surface area contributed by atoms with Gasteiger partial charge in [-0.15, -0.1) is 0 Å². The lowest BCUT2D eigenvalue weighted by atomic mass is 10.1. The van der Waals surface area contributed by atoms with Gasteiger partial charge < -0.3 is 9.30 Å². The van der Waals surface area contributed by atoms with Crippen molar-refractivity contribution in [2.75, 3.05) is 7.11 Å². The summed E-state index contributed by atoms with van der Waals surface area (Å²) in [6.45, 7) is 1.96. The number of aromatic nitrogens is 1. The van der Waals surface area contributed by atoms with Crippen LogP contribution in [0, 0.1) is 6.92 Å². The predicted molar refractivity (Wildman–Crippen MR) is 88.4 cm³/mol. The molecule has 0 saturated heterocycles. The SMILES string of the molecule is COc1ccc2c(c1)sc(=NC(=O)c1cccc(C)c1)n2C. The van der Waals surface area contributed by atoms with Crippen molar-refractivity contribution in [1.29, 1.82) is 0 Å². The molecule has 0 fully saturated rings. The molecule has 0 spiro atoms. The molecule has 0 bridgehead atoms. The maximum absolute atomic E-state index is 12.3. The molecule has 4 nitrogen and oxygen atoms in total. The normalized spacial score (nSPS) is 11.9. The van der Waals surface area contributed by atoms with Crippen LogP contribution in [-0.2, 0) is 7.05 Å². The van der Waals surface area contributed by atoms with Crippen molar-refractivity contribution >= 4 is 27.5 Å². The molecule has 1 amide bonds. The molecule has 0 atom stereocenters. The third-order valence-electron chi connectivity index (χ3n) is 3.48. The number of carbonyl (C=O) groups excluding carboxylic acids is 1. The van der Waals surface area contributed by atoms with Gasteiger partial charge >= 0.3 is 0 Å². The van der Waals surface area contributed by atoms with E-state index in [9.17, 15) is 4.79 Å². The van der Waals surface area contributed by atoms with Crippen molar-refractivity contribution in [2.24, 2.45) is 12.0 Å². The van der Waals surface area contributed by atoms with Crippen LogP contribution in [0.4, 0.5) is 0 Å². The van der Waals surface area contributed by atoms with Crippen molar-refractivity contribution in [2.45, 2.75) is 6.92 Å².